The number of anilines is 1. The van der Waals surface area contributed by atoms with Crippen LogP contribution in [-0.2, 0) is 11.2 Å². The average molecular weight is 380 g/mol. The number of carbonyl (C=O) groups is 2. The molecule has 0 aromatic heterocycles. The highest BCUT2D eigenvalue weighted by Gasteiger charge is 2.22. The summed E-state index contributed by atoms with van der Waals surface area (Å²) in [4.78, 5) is 26.3. The van der Waals surface area contributed by atoms with Crippen LogP contribution >= 0.6 is 0 Å². The zero-order valence-corrected chi connectivity index (χ0v) is 16.5. The van der Waals surface area contributed by atoms with E-state index in [4.69, 9.17) is 0 Å². The minimum atomic E-state index is -0.0314. The Hall–Kier alpha value is -2.82. The van der Waals surface area contributed by atoms with Gasteiger partial charge in [-0.05, 0) is 49.8 Å². The molecule has 0 spiro atoms. The fourth-order valence-corrected chi connectivity index (χ4v) is 3.63. The Kier molecular flexibility index (Phi) is 7.06. The van der Waals surface area contributed by atoms with Crippen molar-refractivity contribution >= 4 is 17.6 Å². The molecule has 1 aliphatic heterocycles. The van der Waals surface area contributed by atoms with Gasteiger partial charge in [0.2, 0.25) is 5.91 Å². The number of carbonyl (C=O) groups excluding carboxylic acids is 2. The molecule has 2 aromatic rings. The van der Waals surface area contributed by atoms with Crippen LogP contribution in [0.25, 0.3) is 0 Å². The third-order valence-electron chi connectivity index (χ3n) is 5.25. The van der Waals surface area contributed by atoms with Crippen LogP contribution in [0.5, 0.6) is 0 Å². The van der Waals surface area contributed by atoms with Crippen LogP contribution in [0.15, 0.2) is 54.6 Å². The Balaban J connectivity index is 1.33. The first-order valence-corrected chi connectivity index (χ1v) is 10.0. The van der Waals surface area contributed by atoms with E-state index in [2.05, 4.69) is 16.7 Å². The predicted octanol–water partition coefficient (Wildman–Crippen LogP) is 3.99. The summed E-state index contributed by atoms with van der Waals surface area (Å²) in [5, 5.41) is 5.97. The molecule has 2 N–H and O–H groups in total. The van der Waals surface area contributed by atoms with E-state index < -0.39 is 0 Å². The van der Waals surface area contributed by atoms with Crippen LogP contribution in [0, 0.1) is 12.8 Å². The maximum atomic E-state index is 12.3. The Morgan fingerprint density at radius 3 is 2.50 bits per heavy atom. The summed E-state index contributed by atoms with van der Waals surface area (Å²) in [6.45, 7) is 4.26. The number of amides is 3. The molecule has 1 saturated heterocycles. The second kappa shape index (κ2) is 9.93. The highest BCUT2D eigenvalue weighted by Crippen LogP contribution is 2.21. The molecular formula is C23H29N3O2. The first-order valence-electron chi connectivity index (χ1n) is 10.0. The van der Waals surface area contributed by atoms with E-state index in [1.54, 1.807) is 0 Å². The predicted molar refractivity (Wildman–Crippen MR) is 112 cm³/mol. The number of hydrogen-bond acceptors (Lipinski definition) is 2. The maximum absolute atomic E-state index is 12.3. The van der Waals surface area contributed by atoms with Crippen molar-refractivity contribution in [2.24, 2.45) is 5.92 Å². The molecule has 1 aliphatic rings. The molecule has 0 radical (unpaired) electrons. The third-order valence-corrected chi connectivity index (χ3v) is 5.25. The first-order chi connectivity index (χ1) is 13.6. The highest BCUT2D eigenvalue weighted by atomic mass is 16.2. The summed E-state index contributed by atoms with van der Waals surface area (Å²) in [6.07, 6.45) is 3.36. The van der Waals surface area contributed by atoms with Gasteiger partial charge < -0.3 is 15.5 Å². The van der Waals surface area contributed by atoms with Gasteiger partial charge in [-0.15, -0.1) is 0 Å². The molecule has 5 nitrogen and oxygen atoms in total. The van der Waals surface area contributed by atoms with Gasteiger partial charge in [0.05, 0.1) is 6.42 Å². The van der Waals surface area contributed by atoms with Gasteiger partial charge in [0, 0.05) is 25.3 Å². The number of nitrogens with one attached hydrogen (secondary N) is 2. The summed E-state index contributed by atoms with van der Waals surface area (Å²) in [5.41, 5.74) is 3.05. The number of piperidine rings is 1. The summed E-state index contributed by atoms with van der Waals surface area (Å²) in [7, 11) is 0. The Morgan fingerprint density at radius 1 is 1.04 bits per heavy atom. The topological polar surface area (TPSA) is 61.4 Å². The van der Waals surface area contributed by atoms with E-state index in [9.17, 15) is 9.59 Å². The zero-order valence-electron chi connectivity index (χ0n) is 16.5. The van der Waals surface area contributed by atoms with Crippen molar-refractivity contribution < 1.29 is 9.59 Å². The highest BCUT2D eigenvalue weighted by molar-refractivity contribution is 5.89. The van der Waals surface area contributed by atoms with Gasteiger partial charge >= 0.3 is 6.03 Å². The summed E-state index contributed by atoms with van der Waals surface area (Å²) in [6, 6.07) is 17.6. The van der Waals surface area contributed by atoms with Gasteiger partial charge in [-0.25, -0.2) is 4.79 Å². The lowest BCUT2D eigenvalue weighted by Gasteiger charge is -2.32. The van der Waals surface area contributed by atoms with Gasteiger partial charge in [-0.2, -0.15) is 0 Å². The SMILES string of the molecule is Cc1cccc(CC(=O)NCCC2CCN(C(=O)Nc3ccccc3)CC2)c1. The zero-order chi connectivity index (χ0) is 19.8. The third kappa shape index (κ3) is 6.12. The largest absolute Gasteiger partial charge is 0.356 e. The van der Waals surface area contributed by atoms with Crippen molar-refractivity contribution in [1.82, 2.24) is 10.2 Å². The Morgan fingerprint density at radius 2 is 1.79 bits per heavy atom. The van der Waals surface area contributed by atoms with Gasteiger partial charge in [0.25, 0.3) is 0 Å². The van der Waals surface area contributed by atoms with Crippen molar-refractivity contribution in [3.05, 3.63) is 65.7 Å². The number of urea groups is 1. The van der Waals surface area contributed by atoms with E-state index >= 15 is 0 Å². The normalized spacial score (nSPS) is 14.5. The van der Waals surface area contributed by atoms with Gasteiger partial charge in [0.15, 0.2) is 0 Å². The second-order valence-electron chi connectivity index (χ2n) is 7.53. The average Bonchev–Trinajstić information content (AvgIpc) is 2.69. The number of para-hydroxylation sites is 1. The molecule has 148 valence electrons. The second-order valence-corrected chi connectivity index (χ2v) is 7.53. The fraction of sp³-hybridized carbons (Fsp3) is 0.391. The molecule has 3 amide bonds. The van der Waals surface area contributed by atoms with Crippen LogP contribution in [0.3, 0.4) is 0 Å². The monoisotopic (exact) mass is 379 g/mol. The number of nitrogens with zero attached hydrogens (tertiary/aromatic N) is 1. The van der Waals surface area contributed by atoms with E-state index in [1.165, 1.54) is 5.56 Å². The van der Waals surface area contributed by atoms with E-state index in [0.29, 0.717) is 18.9 Å². The molecule has 5 heteroatoms. The van der Waals surface area contributed by atoms with Crippen molar-refractivity contribution in [2.75, 3.05) is 25.0 Å². The van der Waals surface area contributed by atoms with Crippen molar-refractivity contribution in [1.29, 1.82) is 0 Å². The van der Waals surface area contributed by atoms with Crippen LogP contribution in [0.4, 0.5) is 10.5 Å². The molecular weight excluding hydrogens is 350 g/mol. The lowest BCUT2D eigenvalue weighted by Crippen LogP contribution is -2.41. The van der Waals surface area contributed by atoms with Gasteiger partial charge in [-0.3, -0.25) is 4.79 Å². The first kappa shape index (κ1) is 19.9. The smallest absolute Gasteiger partial charge is 0.321 e. The lowest BCUT2D eigenvalue weighted by atomic mass is 9.93. The van der Waals surface area contributed by atoms with Gasteiger partial charge in [-0.1, -0.05) is 48.0 Å². The number of likely N-dealkylation sites (tertiary alicyclic amines) is 1. The van der Waals surface area contributed by atoms with E-state index in [1.807, 2.05) is 60.4 Å². The minimum absolute atomic E-state index is 0.0314. The molecule has 3 rings (SSSR count). The van der Waals surface area contributed by atoms with Crippen LogP contribution in [0.1, 0.15) is 30.4 Å². The molecule has 0 saturated carbocycles. The molecule has 1 fully saturated rings. The number of benzene rings is 2. The van der Waals surface area contributed by atoms with Crippen LogP contribution < -0.4 is 10.6 Å². The fourth-order valence-electron chi connectivity index (χ4n) is 3.63. The molecule has 0 atom stereocenters. The lowest BCUT2D eigenvalue weighted by molar-refractivity contribution is -0.120. The minimum Gasteiger partial charge on any atom is -0.356 e. The quantitative estimate of drug-likeness (QED) is 0.797. The molecule has 28 heavy (non-hydrogen) atoms. The van der Waals surface area contributed by atoms with Crippen molar-refractivity contribution in [2.45, 2.75) is 32.6 Å². The molecule has 0 unspecified atom stereocenters. The molecule has 0 aliphatic carbocycles. The number of aryl methyl sites for hydroxylation is 1. The van der Waals surface area contributed by atoms with Gasteiger partial charge in [0.1, 0.15) is 0 Å². The standard InChI is InChI=1S/C23H29N3O2/c1-18-6-5-7-20(16-18)17-22(27)24-13-10-19-11-14-26(15-12-19)23(28)25-21-8-3-2-4-9-21/h2-9,16,19H,10-15,17H2,1H3,(H,24,27)(H,25,28). The Bertz CT molecular complexity index is 783. The van der Waals surface area contributed by atoms with E-state index in [0.717, 1.165) is 43.6 Å². The number of hydrogen-bond donors (Lipinski definition) is 2. The number of rotatable bonds is 6. The molecule has 1 heterocycles. The maximum Gasteiger partial charge on any atom is 0.321 e. The van der Waals surface area contributed by atoms with Crippen molar-refractivity contribution in [3.8, 4) is 0 Å². The van der Waals surface area contributed by atoms with Crippen LogP contribution in [0.2, 0.25) is 0 Å². The van der Waals surface area contributed by atoms with Crippen molar-refractivity contribution in [3.63, 3.8) is 0 Å². The Labute approximate surface area is 167 Å². The summed E-state index contributed by atoms with van der Waals surface area (Å²) in [5.74, 6) is 0.630. The summed E-state index contributed by atoms with van der Waals surface area (Å²) >= 11 is 0. The summed E-state index contributed by atoms with van der Waals surface area (Å²) < 4.78 is 0. The molecule has 2 aromatic carbocycles. The van der Waals surface area contributed by atoms with Crippen LogP contribution in [-0.4, -0.2) is 36.5 Å². The molecule has 0 bridgehead atoms. The van der Waals surface area contributed by atoms with E-state index in [-0.39, 0.29) is 11.9 Å².